The normalized spacial score (nSPS) is 22.7. The summed E-state index contributed by atoms with van der Waals surface area (Å²) in [5.41, 5.74) is 4.44. The van der Waals surface area contributed by atoms with Crippen LogP contribution in [0.5, 0.6) is 11.5 Å². The number of nitrogens with zero attached hydrogens (tertiary/aromatic N) is 7. The molecule has 4 aliphatic rings. The molecule has 5 aromatic rings. The molecule has 60 heavy (non-hydrogen) atoms. The van der Waals surface area contributed by atoms with Gasteiger partial charge in [0.05, 0.1) is 23.6 Å². The molecule has 3 saturated heterocycles. The van der Waals surface area contributed by atoms with E-state index in [0.29, 0.717) is 18.5 Å². The number of carboxylic acid groups (broad SMARTS) is 1. The number of fused-ring (bicyclic) bond motifs is 4. The fourth-order valence-electron chi connectivity index (χ4n) is 9.61. The molecule has 2 bridgehead atoms. The number of amides is 2. The van der Waals surface area contributed by atoms with Crippen molar-refractivity contribution in [1.82, 2.24) is 34.6 Å². The van der Waals surface area contributed by atoms with Crippen LogP contribution in [0.4, 0.5) is 16.6 Å². The van der Waals surface area contributed by atoms with E-state index in [4.69, 9.17) is 24.5 Å². The zero-order valence-corrected chi connectivity index (χ0v) is 35.3. The molecule has 2 amide bonds. The predicted molar refractivity (Wildman–Crippen MR) is 231 cm³/mol. The van der Waals surface area contributed by atoms with Gasteiger partial charge in [0.25, 0.3) is 6.47 Å². The van der Waals surface area contributed by atoms with Crippen LogP contribution < -0.4 is 25.0 Å². The molecular weight excluding hydrogens is 759 g/mol. The first-order valence-electron chi connectivity index (χ1n) is 21.7. The maximum absolute atomic E-state index is 13.9. The average Bonchev–Trinajstić information content (AvgIpc) is 3.92. The first-order chi connectivity index (χ1) is 29.1. The van der Waals surface area contributed by atoms with Gasteiger partial charge in [0.15, 0.2) is 5.65 Å². The molecule has 3 N–H and O–H groups in total. The Kier molecular flexibility index (Phi) is 12.3. The Labute approximate surface area is 352 Å². The van der Waals surface area contributed by atoms with Crippen LogP contribution in [-0.2, 0) is 10.2 Å². The second kappa shape index (κ2) is 17.9. The van der Waals surface area contributed by atoms with Crippen LogP contribution >= 0.6 is 0 Å². The number of nitrogens with one attached hydrogen (secondary N) is 2. The van der Waals surface area contributed by atoms with Gasteiger partial charge in [-0.3, -0.25) is 19.4 Å². The van der Waals surface area contributed by atoms with E-state index in [2.05, 4.69) is 74.9 Å². The maximum atomic E-state index is 13.9. The van der Waals surface area contributed by atoms with Crippen molar-refractivity contribution < 1.29 is 24.2 Å². The molecule has 6 heterocycles. The van der Waals surface area contributed by atoms with Crippen LogP contribution in [0, 0.1) is 0 Å². The molecule has 3 aromatic heterocycles. The molecule has 14 heteroatoms. The van der Waals surface area contributed by atoms with Gasteiger partial charge in [0.1, 0.15) is 30.0 Å². The Morgan fingerprint density at radius 1 is 0.883 bits per heavy atom. The molecule has 9 rings (SSSR count). The molecule has 1 aliphatic carbocycles. The zero-order chi connectivity index (χ0) is 41.8. The Balaban J connectivity index is 0.00000162. The highest BCUT2D eigenvalue weighted by molar-refractivity contribution is 5.89. The van der Waals surface area contributed by atoms with Crippen molar-refractivity contribution in [3.8, 4) is 17.2 Å². The van der Waals surface area contributed by atoms with Gasteiger partial charge in [-0.25, -0.2) is 9.48 Å². The summed E-state index contributed by atoms with van der Waals surface area (Å²) < 4.78 is 16.9. The summed E-state index contributed by atoms with van der Waals surface area (Å²) in [6.45, 7) is 11.0. The Morgan fingerprint density at radius 3 is 2.43 bits per heavy atom. The predicted octanol–water partition coefficient (Wildman–Crippen LogP) is 8.46. The number of rotatable bonds is 10. The van der Waals surface area contributed by atoms with E-state index in [1.165, 1.54) is 38.5 Å². The first-order valence-corrected chi connectivity index (χ1v) is 21.7. The second-order valence-corrected chi connectivity index (χ2v) is 17.7. The standard InChI is InChI=1S/C45H57N9O3.CH2O2/c1-30-11-7-8-24-51(30)44-49-48-41-23-20-35(29-53(41)44)57-39-22-21-38(36-16-5-6-17-37(36)39)46-43(55)47-42-28-40(45(2,3)4)50-54(42)33-14-10-15-34(27-33)56-26-25-52-31-12-9-13-32(52)19-18-31;2-1-3/h5-6,10,14-17,20,23,27-32,38-39H,7-9,11-13,18-19,21-22,24-26H2,1-4H3,(H2,46,47,55);1H,(H,2,3)/t30-,31?,32?,38-,39+;/m0./s1. The summed E-state index contributed by atoms with van der Waals surface area (Å²) in [5, 5.41) is 27.3. The Morgan fingerprint density at radius 2 is 1.67 bits per heavy atom. The quantitative estimate of drug-likeness (QED) is 0.117. The molecule has 0 spiro atoms. The van der Waals surface area contributed by atoms with Gasteiger partial charge < -0.3 is 24.8 Å². The maximum Gasteiger partial charge on any atom is 0.320 e. The summed E-state index contributed by atoms with van der Waals surface area (Å²) in [6, 6.07) is 23.6. The lowest BCUT2D eigenvalue weighted by Crippen LogP contribution is -2.41. The van der Waals surface area contributed by atoms with Gasteiger partial charge in [-0.2, -0.15) is 5.10 Å². The fourth-order valence-corrected chi connectivity index (χ4v) is 9.61. The van der Waals surface area contributed by atoms with Crippen molar-refractivity contribution in [2.75, 3.05) is 29.9 Å². The smallest absolute Gasteiger partial charge is 0.320 e. The van der Waals surface area contributed by atoms with E-state index in [0.717, 1.165) is 96.5 Å². The number of ether oxygens (including phenoxy) is 2. The number of piperidine rings is 2. The third-order valence-electron chi connectivity index (χ3n) is 12.7. The number of pyridine rings is 1. The van der Waals surface area contributed by atoms with Crippen LogP contribution in [-0.4, -0.2) is 84.7 Å². The average molecular weight is 818 g/mol. The van der Waals surface area contributed by atoms with Gasteiger partial charge in [-0.15, -0.1) is 10.2 Å². The third-order valence-corrected chi connectivity index (χ3v) is 12.7. The number of hydrogen-bond donors (Lipinski definition) is 3. The highest BCUT2D eigenvalue weighted by Gasteiger charge is 2.36. The van der Waals surface area contributed by atoms with E-state index in [9.17, 15) is 4.79 Å². The van der Waals surface area contributed by atoms with Crippen LogP contribution in [0.25, 0.3) is 11.3 Å². The minimum absolute atomic E-state index is 0.158. The number of carbonyl (C=O) groups excluding carboxylic acids is 1. The lowest BCUT2D eigenvalue weighted by molar-refractivity contribution is -0.122. The fraction of sp³-hybridized carbons (Fsp3) is 0.500. The summed E-state index contributed by atoms with van der Waals surface area (Å²) in [6.07, 6.45) is 13.5. The largest absolute Gasteiger partial charge is 0.492 e. The Hall–Kier alpha value is -5.63. The van der Waals surface area contributed by atoms with Crippen molar-refractivity contribution in [2.24, 2.45) is 0 Å². The summed E-state index contributed by atoms with van der Waals surface area (Å²) in [5.74, 6) is 3.04. The molecule has 3 fully saturated rings. The molecule has 0 saturated carbocycles. The zero-order valence-electron chi connectivity index (χ0n) is 35.3. The van der Waals surface area contributed by atoms with Crippen LogP contribution in [0.2, 0.25) is 0 Å². The monoisotopic (exact) mass is 817 g/mol. The minimum Gasteiger partial charge on any atom is -0.492 e. The van der Waals surface area contributed by atoms with Crippen molar-refractivity contribution in [3.63, 3.8) is 0 Å². The van der Waals surface area contributed by atoms with E-state index >= 15 is 0 Å². The third kappa shape index (κ3) is 8.93. The number of urea groups is 1. The topological polar surface area (TPSA) is 151 Å². The number of aromatic nitrogens is 5. The van der Waals surface area contributed by atoms with E-state index in [1.54, 1.807) is 0 Å². The van der Waals surface area contributed by atoms with Crippen LogP contribution in [0.1, 0.15) is 121 Å². The van der Waals surface area contributed by atoms with E-state index < -0.39 is 0 Å². The van der Waals surface area contributed by atoms with Crippen molar-refractivity contribution in [2.45, 2.75) is 128 Å². The Bertz CT molecular complexity index is 2250. The van der Waals surface area contributed by atoms with Gasteiger partial charge in [-0.1, -0.05) is 57.5 Å². The summed E-state index contributed by atoms with van der Waals surface area (Å²) in [4.78, 5) is 27.2. The number of hydrogen-bond acceptors (Lipinski definition) is 9. The SMILES string of the molecule is C[C@H]1CCCCN1c1nnc2ccc(O[C@@H]3CC[C@H](NC(=O)Nc4cc(C(C)(C)C)nn4-c4cccc(OCCN5C6CCCC5CC6)c4)c4ccccc43)cn12.O=CO. The van der Waals surface area contributed by atoms with Crippen LogP contribution in [0.15, 0.2) is 72.9 Å². The minimum atomic E-state index is -0.281. The summed E-state index contributed by atoms with van der Waals surface area (Å²) in [7, 11) is 0. The molecular formula is C46H59N9O5. The molecule has 0 radical (unpaired) electrons. The molecule has 5 atom stereocenters. The summed E-state index contributed by atoms with van der Waals surface area (Å²) >= 11 is 0. The molecule has 2 aromatic carbocycles. The van der Waals surface area contributed by atoms with E-state index in [-0.39, 0.29) is 30.1 Å². The highest BCUT2D eigenvalue weighted by Crippen LogP contribution is 2.40. The molecule has 14 nitrogen and oxygen atoms in total. The van der Waals surface area contributed by atoms with Gasteiger partial charge in [-0.05, 0) is 100 Å². The van der Waals surface area contributed by atoms with Crippen molar-refractivity contribution in [1.29, 1.82) is 0 Å². The number of anilines is 2. The van der Waals surface area contributed by atoms with E-state index in [1.807, 2.05) is 65.5 Å². The first kappa shape index (κ1) is 41.1. The van der Waals surface area contributed by atoms with Crippen molar-refractivity contribution in [3.05, 3.63) is 89.7 Å². The molecule has 318 valence electrons. The van der Waals surface area contributed by atoms with Gasteiger partial charge in [0.2, 0.25) is 5.95 Å². The molecule has 2 unspecified atom stereocenters. The van der Waals surface area contributed by atoms with Gasteiger partial charge >= 0.3 is 6.03 Å². The lowest BCUT2D eigenvalue weighted by atomic mass is 9.85. The van der Waals surface area contributed by atoms with Gasteiger partial charge in [0, 0.05) is 48.8 Å². The number of benzene rings is 2. The van der Waals surface area contributed by atoms with Crippen molar-refractivity contribution >= 4 is 29.9 Å². The van der Waals surface area contributed by atoms with Crippen LogP contribution in [0.3, 0.4) is 0 Å². The number of carbonyl (C=O) groups is 2. The second-order valence-electron chi connectivity index (χ2n) is 17.7. The highest BCUT2D eigenvalue weighted by atomic mass is 16.5. The lowest BCUT2D eigenvalue weighted by Gasteiger charge is -2.34. The molecule has 3 aliphatic heterocycles.